The molecule has 1 amide bonds. The minimum absolute atomic E-state index is 0.289. The molecule has 0 heterocycles. The number of alkyl halides is 3. The summed E-state index contributed by atoms with van der Waals surface area (Å²) in [6.45, 7) is 7.35. The van der Waals surface area contributed by atoms with E-state index in [-0.39, 0.29) is 6.42 Å². The Morgan fingerprint density at radius 3 is 1.50 bits per heavy atom. The van der Waals surface area contributed by atoms with E-state index in [2.05, 4.69) is 19.1 Å². The van der Waals surface area contributed by atoms with E-state index in [1.165, 1.54) is 17.8 Å². The fourth-order valence-electron chi connectivity index (χ4n) is 2.31. The number of benzene rings is 3. The van der Waals surface area contributed by atoms with Gasteiger partial charge in [0.25, 0.3) is 0 Å². The molecule has 36 heavy (non-hydrogen) atoms. The Kier molecular flexibility index (Phi) is 14.6. The predicted octanol–water partition coefficient (Wildman–Crippen LogP) is 8.33. The molecule has 198 valence electrons. The molecule has 0 aromatic heterocycles. The summed E-state index contributed by atoms with van der Waals surface area (Å²) in [6, 6.07) is 19.9. The number of carbonyl (C=O) groups is 1. The molecular weight excluding hydrogens is 491 g/mol. The average molecular weight is 520 g/mol. The molecule has 0 unspecified atom stereocenters. The first-order valence-corrected chi connectivity index (χ1v) is 10.8. The highest BCUT2D eigenvalue weighted by Gasteiger charge is 2.42. The van der Waals surface area contributed by atoms with E-state index < -0.39 is 46.6 Å². The number of amides is 1. The lowest BCUT2D eigenvalue weighted by Crippen LogP contribution is -2.19. The van der Waals surface area contributed by atoms with Crippen LogP contribution >= 0.6 is 0 Å². The second kappa shape index (κ2) is 16.2. The van der Waals surface area contributed by atoms with Crippen LogP contribution in [0.3, 0.4) is 0 Å². The quantitative estimate of drug-likeness (QED) is 0.279. The standard InChI is InChI=1S/C10H6F7NO.C7H8O.C7H8.C2H6/c1-2-3(19)18-9-7(13)5(11)4(10(15,16)17)6(12)8(9)14;1-8-7-5-3-2-4-6-7;1-7-5-3-2-4-6-7;1-2/h2H2,1H3,(H,18,19);2-6H,1H3;2-6H,1H3;1-2H3. The highest BCUT2D eigenvalue weighted by Crippen LogP contribution is 2.38. The lowest BCUT2D eigenvalue weighted by molar-refractivity contribution is -0.143. The van der Waals surface area contributed by atoms with Crippen molar-refractivity contribution in [2.24, 2.45) is 0 Å². The van der Waals surface area contributed by atoms with E-state index >= 15 is 0 Å². The molecule has 0 fully saturated rings. The summed E-state index contributed by atoms with van der Waals surface area (Å²) in [5.41, 5.74) is -2.95. The zero-order valence-corrected chi connectivity index (χ0v) is 20.4. The highest BCUT2D eigenvalue weighted by molar-refractivity contribution is 5.90. The van der Waals surface area contributed by atoms with Crippen LogP contribution in [0.1, 0.15) is 38.3 Å². The number of carbonyl (C=O) groups excluding carboxylic acids is 1. The summed E-state index contributed by atoms with van der Waals surface area (Å²) < 4.78 is 94.3. The van der Waals surface area contributed by atoms with Gasteiger partial charge in [-0.05, 0) is 19.1 Å². The Bertz CT molecular complexity index is 1030. The Morgan fingerprint density at radius 2 is 1.22 bits per heavy atom. The maximum atomic E-state index is 13.2. The molecule has 0 atom stereocenters. The summed E-state index contributed by atoms with van der Waals surface area (Å²) in [6.07, 6.45) is -5.90. The Hall–Kier alpha value is -3.56. The van der Waals surface area contributed by atoms with Crippen molar-refractivity contribution in [2.75, 3.05) is 12.4 Å². The smallest absolute Gasteiger partial charge is 0.422 e. The minimum Gasteiger partial charge on any atom is -0.497 e. The minimum atomic E-state index is -5.61. The van der Waals surface area contributed by atoms with Gasteiger partial charge < -0.3 is 10.1 Å². The number of methoxy groups -OCH3 is 1. The van der Waals surface area contributed by atoms with E-state index in [9.17, 15) is 35.5 Å². The molecule has 0 radical (unpaired) electrons. The fraction of sp³-hybridized carbons (Fsp3) is 0.269. The zero-order valence-electron chi connectivity index (χ0n) is 20.4. The van der Waals surface area contributed by atoms with Crippen LogP contribution in [0.25, 0.3) is 0 Å². The van der Waals surface area contributed by atoms with Crippen LogP contribution in [0.5, 0.6) is 5.75 Å². The molecule has 1 N–H and O–H groups in total. The van der Waals surface area contributed by atoms with Crippen LogP contribution in [-0.4, -0.2) is 13.0 Å². The number of halogens is 7. The molecule has 3 aromatic carbocycles. The van der Waals surface area contributed by atoms with Crippen molar-refractivity contribution in [1.29, 1.82) is 0 Å². The van der Waals surface area contributed by atoms with Gasteiger partial charge in [-0.25, -0.2) is 17.6 Å². The predicted molar refractivity (Wildman–Crippen MR) is 126 cm³/mol. The number of aryl methyl sites for hydroxylation is 1. The first-order valence-electron chi connectivity index (χ1n) is 10.8. The normalized spacial score (nSPS) is 9.89. The van der Waals surface area contributed by atoms with Crippen LogP contribution in [0.2, 0.25) is 0 Å². The molecule has 3 nitrogen and oxygen atoms in total. The van der Waals surface area contributed by atoms with Gasteiger partial charge in [-0.2, -0.15) is 13.2 Å². The van der Waals surface area contributed by atoms with Gasteiger partial charge in [0.2, 0.25) is 5.91 Å². The fourth-order valence-corrected chi connectivity index (χ4v) is 2.31. The molecule has 0 aliphatic carbocycles. The van der Waals surface area contributed by atoms with E-state index in [4.69, 9.17) is 4.74 Å². The molecule has 0 saturated heterocycles. The number of anilines is 1. The third kappa shape index (κ3) is 10.4. The van der Waals surface area contributed by atoms with E-state index in [0.717, 1.165) is 5.75 Å². The number of hydrogen-bond acceptors (Lipinski definition) is 2. The molecule has 3 aromatic rings. The van der Waals surface area contributed by atoms with Gasteiger partial charge in [0.1, 0.15) is 17.0 Å². The molecule has 0 aliphatic heterocycles. The number of nitrogens with one attached hydrogen (secondary N) is 1. The lowest BCUT2D eigenvalue weighted by atomic mass is 10.1. The van der Waals surface area contributed by atoms with Gasteiger partial charge >= 0.3 is 6.18 Å². The Labute approximate surface area is 205 Å². The van der Waals surface area contributed by atoms with Crippen molar-refractivity contribution in [3.05, 3.63) is 95.1 Å². The Balaban J connectivity index is 0.000000586. The molecule has 0 spiro atoms. The van der Waals surface area contributed by atoms with Gasteiger partial charge in [-0.3, -0.25) is 4.79 Å². The number of rotatable bonds is 3. The summed E-state index contributed by atoms with van der Waals surface area (Å²) in [4.78, 5) is 10.9. The van der Waals surface area contributed by atoms with Crippen LogP contribution in [0.4, 0.5) is 36.4 Å². The molecule has 3 rings (SSSR count). The van der Waals surface area contributed by atoms with E-state index in [1.54, 1.807) is 7.11 Å². The second-order valence-electron chi connectivity index (χ2n) is 6.58. The third-order valence-corrected chi connectivity index (χ3v) is 4.05. The monoisotopic (exact) mass is 519 g/mol. The van der Waals surface area contributed by atoms with Crippen molar-refractivity contribution in [3.8, 4) is 5.75 Å². The molecule has 0 bridgehead atoms. The maximum absolute atomic E-state index is 13.2. The zero-order chi connectivity index (χ0) is 27.9. The van der Waals surface area contributed by atoms with E-state index in [0.29, 0.717) is 0 Å². The summed E-state index contributed by atoms with van der Waals surface area (Å²) >= 11 is 0. The summed E-state index contributed by atoms with van der Waals surface area (Å²) in [5, 5.41) is 1.45. The lowest BCUT2D eigenvalue weighted by Gasteiger charge is -2.14. The summed E-state index contributed by atoms with van der Waals surface area (Å²) in [5.74, 6) is -9.96. The van der Waals surface area contributed by atoms with Gasteiger partial charge in [0.15, 0.2) is 23.3 Å². The molecule has 0 saturated carbocycles. The van der Waals surface area contributed by atoms with Gasteiger partial charge in [0, 0.05) is 6.42 Å². The van der Waals surface area contributed by atoms with E-state index in [1.807, 2.05) is 62.4 Å². The second-order valence-corrected chi connectivity index (χ2v) is 6.58. The number of ether oxygens (including phenoxy) is 1. The van der Waals surface area contributed by atoms with Crippen LogP contribution in [0.15, 0.2) is 60.7 Å². The van der Waals surface area contributed by atoms with Gasteiger partial charge in [-0.15, -0.1) is 0 Å². The van der Waals surface area contributed by atoms with Crippen molar-refractivity contribution < 1.29 is 40.3 Å². The van der Waals surface area contributed by atoms with Gasteiger partial charge in [0.05, 0.1) is 7.11 Å². The van der Waals surface area contributed by atoms with Crippen molar-refractivity contribution >= 4 is 11.6 Å². The van der Waals surface area contributed by atoms with Crippen LogP contribution in [-0.2, 0) is 11.0 Å². The molecule has 0 aliphatic rings. The first kappa shape index (κ1) is 32.4. The SMILES string of the molecule is CC.CCC(=O)Nc1c(F)c(F)c(C(F)(F)F)c(F)c1F.COc1ccccc1.Cc1ccccc1. The number of hydrogen-bond donors (Lipinski definition) is 1. The third-order valence-electron chi connectivity index (χ3n) is 4.05. The van der Waals surface area contributed by atoms with Crippen LogP contribution in [0, 0.1) is 30.2 Å². The maximum Gasteiger partial charge on any atom is 0.422 e. The largest absolute Gasteiger partial charge is 0.497 e. The van der Waals surface area contributed by atoms with Crippen molar-refractivity contribution in [2.45, 2.75) is 40.3 Å². The van der Waals surface area contributed by atoms with Crippen molar-refractivity contribution in [1.82, 2.24) is 0 Å². The topological polar surface area (TPSA) is 38.3 Å². The Morgan fingerprint density at radius 1 is 0.806 bits per heavy atom. The highest BCUT2D eigenvalue weighted by atomic mass is 19.4. The summed E-state index contributed by atoms with van der Waals surface area (Å²) in [7, 11) is 1.66. The first-order chi connectivity index (χ1) is 16.9. The molecular formula is C26H28F7NO2. The average Bonchev–Trinajstić information content (AvgIpc) is 2.87. The molecule has 10 heteroatoms. The van der Waals surface area contributed by atoms with Crippen LogP contribution < -0.4 is 10.1 Å². The number of para-hydroxylation sites is 1. The van der Waals surface area contributed by atoms with Gasteiger partial charge in [-0.1, -0.05) is 74.9 Å². The van der Waals surface area contributed by atoms with Crippen molar-refractivity contribution in [3.63, 3.8) is 0 Å².